The minimum Gasteiger partial charge on any atom is -0.493 e. The third-order valence-corrected chi connectivity index (χ3v) is 2.55. The molecule has 0 aliphatic heterocycles. The monoisotopic (exact) mass is 274 g/mol. The Kier molecular flexibility index (Phi) is 3.47. The highest BCUT2D eigenvalue weighted by Crippen LogP contribution is 2.34. The molecule has 0 aliphatic rings. The Morgan fingerprint density at radius 2 is 1.94 bits per heavy atom. The van der Waals surface area contributed by atoms with Gasteiger partial charge in [0.2, 0.25) is 0 Å². The number of methoxy groups -OCH3 is 1. The van der Waals surface area contributed by atoms with Crippen molar-refractivity contribution in [1.29, 1.82) is 0 Å². The van der Waals surface area contributed by atoms with Gasteiger partial charge in [-0.2, -0.15) is 8.78 Å². The molecule has 0 N–H and O–H groups in total. The Hall–Kier alpha value is -1.69. The number of hydrogen-bond acceptors (Lipinski definition) is 4. The van der Waals surface area contributed by atoms with Crippen molar-refractivity contribution in [2.75, 3.05) is 7.11 Å². The average Bonchev–Trinajstić information content (AvgIpc) is 2.28. The van der Waals surface area contributed by atoms with Gasteiger partial charge in [-0.1, -0.05) is 11.6 Å². The van der Waals surface area contributed by atoms with Gasteiger partial charge in [0, 0.05) is 11.5 Å². The molecule has 2 aromatic rings. The summed E-state index contributed by atoms with van der Waals surface area (Å²) >= 11 is 5.93. The molecule has 1 aromatic carbocycles. The number of ether oxygens (including phenoxy) is 2. The zero-order chi connectivity index (χ0) is 13.3. The fraction of sp³-hybridized carbons (Fsp3) is 0.273. The predicted octanol–water partition coefficient (Wildman–Crippen LogP) is 3.20. The van der Waals surface area contributed by atoms with Gasteiger partial charge in [-0.05, 0) is 13.0 Å². The highest BCUT2D eigenvalue weighted by molar-refractivity contribution is 6.34. The van der Waals surface area contributed by atoms with Gasteiger partial charge in [0.15, 0.2) is 11.5 Å². The molecule has 0 amide bonds. The quantitative estimate of drug-likeness (QED) is 0.806. The van der Waals surface area contributed by atoms with Crippen LogP contribution in [0.1, 0.15) is 5.82 Å². The van der Waals surface area contributed by atoms with Crippen molar-refractivity contribution in [1.82, 2.24) is 9.97 Å². The number of alkyl halides is 2. The normalized spacial score (nSPS) is 11.0. The van der Waals surface area contributed by atoms with Crippen LogP contribution >= 0.6 is 11.6 Å². The van der Waals surface area contributed by atoms with Crippen LogP contribution in [0.3, 0.4) is 0 Å². The number of aryl methyl sites for hydroxylation is 1. The first kappa shape index (κ1) is 12.8. The molecule has 4 nitrogen and oxygen atoms in total. The Labute approximate surface area is 107 Å². The van der Waals surface area contributed by atoms with Gasteiger partial charge in [-0.15, -0.1) is 0 Å². The second-order valence-corrected chi connectivity index (χ2v) is 3.82. The number of fused-ring (bicyclic) bond motifs is 1. The van der Waals surface area contributed by atoms with E-state index in [0.717, 1.165) is 0 Å². The van der Waals surface area contributed by atoms with E-state index in [2.05, 4.69) is 14.7 Å². The number of nitrogens with zero attached hydrogens (tertiary/aromatic N) is 2. The topological polar surface area (TPSA) is 44.2 Å². The Balaban J connectivity index is 2.65. The van der Waals surface area contributed by atoms with E-state index < -0.39 is 6.61 Å². The molecule has 0 atom stereocenters. The number of halogens is 3. The molecule has 0 saturated heterocycles. The first-order valence-electron chi connectivity index (χ1n) is 4.98. The van der Waals surface area contributed by atoms with Crippen LogP contribution in [0.25, 0.3) is 10.9 Å². The first-order valence-corrected chi connectivity index (χ1v) is 5.35. The molecule has 18 heavy (non-hydrogen) atoms. The third-order valence-electron chi connectivity index (χ3n) is 2.26. The zero-order valence-corrected chi connectivity index (χ0v) is 10.3. The van der Waals surface area contributed by atoms with E-state index in [1.165, 1.54) is 19.2 Å². The summed E-state index contributed by atoms with van der Waals surface area (Å²) in [5, 5.41) is 0.609. The number of hydrogen-bond donors (Lipinski definition) is 0. The van der Waals surface area contributed by atoms with Gasteiger partial charge in [-0.3, -0.25) is 0 Å². The van der Waals surface area contributed by atoms with Gasteiger partial charge in [0.25, 0.3) is 0 Å². The lowest BCUT2D eigenvalue weighted by Crippen LogP contribution is -2.04. The maximum Gasteiger partial charge on any atom is 0.387 e. The summed E-state index contributed by atoms with van der Waals surface area (Å²) in [4.78, 5) is 8.09. The molecule has 1 heterocycles. The molecule has 0 unspecified atom stereocenters. The van der Waals surface area contributed by atoms with Crippen molar-refractivity contribution in [3.05, 3.63) is 23.1 Å². The van der Waals surface area contributed by atoms with Crippen LogP contribution in [-0.4, -0.2) is 23.7 Å². The number of benzene rings is 1. The molecule has 0 saturated carbocycles. The first-order chi connectivity index (χ1) is 8.51. The summed E-state index contributed by atoms with van der Waals surface area (Å²) < 4.78 is 33.8. The SMILES string of the molecule is COc1cc2nc(C)nc(Cl)c2cc1OC(F)F. The van der Waals surface area contributed by atoms with E-state index in [1.807, 2.05) is 0 Å². The van der Waals surface area contributed by atoms with Crippen molar-refractivity contribution in [3.63, 3.8) is 0 Å². The van der Waals surface area contributed by atoms with Crippen molar-refractivity contribution in [3.8, 4) is 11.5 Å². The predicted molar refractivity (Wildman–Crippen MR) is 62.5 cm³/mol. The zero-order valence-electron chi connectivity index (χ0n) is 9.58. The van der Waals surface area contributed by atoms with Crippen LogP contribution in [-0.2, 0) is 0 Å². The summed E-state index contributed by atoms with van der Waals surface area (Å²) in [6.45, 7) is -1.26. The van der Waals surface area contributed by atoms with Crippen molar-refractivity contribution >= 4 is 22.5 Å². The minimum atomic E-state index is -2.94. The second-order valence-electron chi connectivity index (χ2n) is 3.46. The van der Waals surface area contributed by atoms with E-state index in [0.29, 0.717) is 16.7 Å². The van der Waals surface area contributed by atoms with E-state index in [4.69, 9.17) is 16.3 Å². The van der Waals surface area contributed by atoms with Crippen LogP contribution in [0.4, 0.5) is 8.78 Å². The van der Waals surface area contributed by atoms with Crippen LogP contribution in [0, 0.1) is 6.92 Å². The Morgan fingerprint density at radius 3 is 2.56 bits per heavy atom. The molecule has 0 spiro atoms. The van der Waals surface area contributed by atoms with Gasteiger partial charge in [0.05, 0.1) is 12.6 Å². The van der Waals surface area contributed by atoms with Gasteiger partial charge in [-0.25, -0.2) is 9.97 Å². The van der Waals surface area contributed by atoms with Gasteiger partial charge in [0.1, 0.15) is 11.0 Å². The van der Waals surface area contributed by atoms with Gasteiger partial charge >= 0.3 is 6.61 Å². The van der Waals surface area contributed by atoms with E-state index in [9.17, 15) is 8.78 Å². The maximum absolute atomic E-state index is 12.3. The molecule has 0 bridgehead atoms. The van der Waals surface area contributed by atoms with Gasteiger partial charge < -0.3 is 9.47 Å². The Morgan fingerprint density at radius 1 is 1.22 bits per heavy atom. The molecular weight excluding hydrogens is 266 g/mol. The van der Waals surface area contributed by atoms with E-state index >= 15 is 0 Å². The maximum atomic E-state index is 12.3. The van der Waals surface area contributed by atoms with E-state index in [1.54, 1.807) is 6.92 Å². The van der Waals surface area contributed by atoms with Crippen molar-refractivity contribution < 1.29 is 18.3 Å². The summed E-state index contributed by atoms with van der Waals surface area (Å²) in [6, 6.07) is 2.82. The number of aromatic nitrogens is 2. The molecule has 0 aliphatic carbocycles. The molecule has 1 aromatic heterocycles. The number of rotatable bonds is 3. The lowest BCUT2D eigenvalue weighted by atomic mass is 10.2. The van der Waals surface area contributed by atoms with Crippen molar-refractivity contribution in [2.24, 2.45) is 0 Å². The summed E-state index contributed by atoms with van der Waals surface area (Å²) in [7, 11) is 1.36. The lowest BCUT2D eigenvalue weighted by molar-refractivity contribution is -0.0511. The summed E-state index contributed by atoms with van der Waals surface area (Å²) in [5.41, 5.74) is 0.506. The van der Waals surface area contributed by atoms with Crippen LogP contribution in [0.15, 0.2) is 12.1 Å². The lowest BCUT2D eigenvalue weighted by Gasteiger charge is -2.11. The molecule has 0 radical (unpaired) electrons. The highest BCUT2D eigenvalue weighted by atomic mass is 35.5. The summed E-state index contributed by atoms with van der Waals surface area (Å²) in [6.07, 6.45) is 0. The fourth-order valence-electron chi connectivity index (χ4n) is 1.56. The van der Waals surface area contributed by atoms with Crippen LogP contribution in [0.5, 0.6) is 11.5 Å². The smallest absolute Gasteiger partial charge is 0.387 e. The third kappa shape index (κ3) is 2.43. The Bertz CT molecular complexity index is 593. The molecule has 7 heteroatoms. The fourth-order valence-corrected chi connectivity index (χ4v) is 1.83. The average molecular weight is 275 g/mol. The largest absolute Gasteiger partial charge is 0.493 e. The second kappa shape index (κ2) is 4.89. The summed E-state index contributed by atoms with van der Waals surface area (Å²) in [5.74, 6) is 0.545. The molecular formula is C11H9ClF2N2O2. The standard InChI is InChI=1S/C11H9ClF2N2O2/c1-5-15-7-4-8(17-2)9(18-11(13)14)3-6(7)10(12)16-5/h3-4,11H,1-2H3. The molecule has 0 fully saturated rings. The van der Waals surface area contributed by atoms with E-state index in [-0.39, 0.29) is 16.7 Å². The van der Waals surface area contributed by atoms with Crippen LogP contribution < -0.4 is 9.47 Å². The highest BCUT2D eigenvalue weighted by Gasteiger charge is 2.14. The molecule has 96 valence electrons. The van der Waals surface area contributed by atoms with Crippen LogP contribution in [0.2, 0.25) is 5.15 Å². The van der Waals surface area contributed by atoms with Crippen molar-refractivity contribution in [2.45, 2.75) is 13.5 Å². The molecule has 2 rings (SSSR count). The minimum absolute atomic E-state index is 0.102.